The summed E-state index contributed by atoms with van der Waals surface area (Å²) < 4.78 is 0. The van der Waals surface area contributed by atoms with Gasteiger partial charge in [-0.3, -0.25) is 9.59 Å². The predicted octanol–water partition coefficient (Wildman–Crippen LogP) is 2.33. The van der Waals surface area contributed by atoms with E-state index in [1.54, 1.807) is 38.1 Å². The van der Waals surface area contributed by atoms with Crippen LogP contribution in [0.2, 0.25) is 0 Å². The largest absolute Gasteiger partial charge is 0.386 e. The van der Waals surface area contributed by atoms with Crippen LogP contribution >= 0.6 is 0 Å². The number of aliphatic hydroxyl groups is 2. The van der Waals surface area contributed by atoms with Crippen LogP contribution in [0, 0.1) is 0 Å². The Morgan fingerprint density at radius 2 is 0.967 bits per heavy atom. The fourth-order valence-electron chi connectivity index (χ4n) is 3.31. The molecule has 0 radical (unpaired) electrons. The lowest BCUT2D eigenvalue weighted by Crippen LogP contribution is -2.39. The second-order valence-electron chi connectivity index (χ2n) is 7.42. The fraction of sp³-hybridized carbons (Fsp3) is 0.250. The molecule has 156 valence electrons. The molecule has 0 fully saturated rings. The van der Waals surface area contributed by atoms with Crippen molar-refractivity contribution in [1.29, 1.82) is 0 Å². The number of benzene rings is 2. The van der Waals surface area contributed by atoms with E-state index < -0.39 is 24.3 Å². The van der Waals surface area contributed by atoms with Crippen molar-refractivity contribution < 1.29 is 19.8 Å². The lowest BCUT2D eigenvalue weighted by atomic mass is 10.00. The maximum absolute atomic E-state index is 12.5. The lowest BCUT2D eigenvalue weighted by molar-refractivity contribution is -0.115. The normalized spacial score (nSPS) is 18.0. The maximum atomic E-state index is 12.5. The standard InChI is InChI=1S/C24H26N2O4/c1-15(23(29)17-9-5-3-6-10-17)25-19-13-22(28)20(14-21(19)27)26-16(2)24(30)18-11-7-4-8-12-18/h3-16,23-26,29-30H,1-2H3/t15-,16-,23-,24+/m0/s1. The molecule has 0 saturated carbocycles. The quantitative estimate of drug-likeness (QED) is 0.502. The summed E-state index contributed by atoms with van der Waals surface area (Å²) in [7, 11) is 0. The van der Waals surface area contributed by atoms with Crippen molar-refractivity contribution in [3.63, 3.8) is 0 Å². The molecule has 30 heavy (non-hydrogen) atoms. The second-order valence-corrected chi connectivity index (χ2v) is 7.42. The number of carbonyl (C=O) groups is 2. The van der Waals surface area contributed by atoms with Crippen molar-refractivity contribution in [2.45, 2.75) is 38.1 Å². The number of nitrogens with one attached hydrogen (secondary N) is 2. The highest BCUT2D eigenvalue weighted by Crippen LogP contribution is 2.20. The molecule has 3 rings (SSSR count). The van der Waals surface area contributed by atoms with E-state index in [2.05, 4.69) is 10.6 Å². The minimum atomic E-state index is -0.834. The van der Waals surface area contributed by atoms with Crippen LogP contribution in [0.5, 0.6) is 0 Å². The molecule has 0 aromatic heterocycles. The minimum Gasteiger partial charge on any atom is -0.386 e. The van der Waals surface area contributed by atoms with E-state index in [9.17, 15) is 19.8 Å². The number of rotatable bonds is 8. The van der Waals surface area contributed by atoms with Gasteiger partial charge in [-0.15, -0.1) is 0 Å². The van der Waals surface area contributed by atoms with Crippen LogP contribution in [0.15, 0.2) is 84.2 Å². The summed E-state index contributed by atoms with van der Waals surface area (Å²) >= 11 is 0. The average Bonchev–Trinajstić information content (AvgIpc) is 2.77. The van der Waals surface area contributed by atoms with Gasteiger partial charge in [-0.2, -0.15) is 0 Å². The van der Waals surface area contributed by atoms with Gasteiger partial charge in [0.1, 0.15) is 0 Å². The topological polar surface area (TPSA) is 98.7 Å². The number of ketones is 2. The number of allylic oxidation sites excluding steroid dienone is 2. The third-order valence-electron chi connectivity index (χ3n) is 5.08. The summed E-state index contributed by atoms with van der Waals surface area (Å²) in [5.41, 5.74) is 1.69. The molecule has 6 heteroatoms. The Morgan fingerprint density at radius 3 is 1.30 bits per heavy atom. The Hall–Kier alpha value is -3.22. The highest BCUT2D eigenvalue weighted by molar-refractivity contribution is 6.19. The molecule has 0 bridgehead atoms. The monoisotopic (exact) mass is 406 g/mol. The van der Waals surface area contributed by atoms with E-state index in [-0.39, 0.29) is 23.0 Å². The zero-order chi connectivity index (χ0) is 21.7. The molecule has 6 nitrogen and oxygen atoms in total. The Kier molecular flexibility index (Phi) is 6.82. The van der Waals surface area contributed by atoms with Gasteiger partial charge < -0.3 is 20.8 Å². The van der Waals surface area contributed by atoms with E-state index in [1.807, 2.05) is 36.4 Å². The van der Waals surface area contributed by atoms with Crippen LogP contribution in [0.3, 0.4) is 0 Å². The van der Waals surface area contributed by atoms with Crippen LogP contribution in [0.4, 0.5) is 0 Å². The molecular weight excluding hydrogens is 380 g/mol. The molecule has 0 spiro atoms. The van der Waals surface area contributed by atoms with E-state index >= 15 is 0 Å². The number of hydrogen-bond acceptors (Lipinski definition) is 6. The summed E-state index contributed by atoms with van der Waals surface area (Å²) in [5, 5.41) is 26.8. The predicted molar refractivity (Wildman–Crippen MR) is 114 cm³/mol. The molecule has 0 aliphatic heterocycles. The molecule has 4 N–H and O–H groups in total. The lowest BCUT2D eigenvalue weighted by Gasteiger charge is -2.26. The Morgan fingerprint density at radius 1 is 0.633 bits per heavy atom. The Balaban J connectivity index is 1.64. The van der Waals surface area contributed by atoms with Crippen molar-refractivity contribution in [2.24, 2.45) is 0 Å². The number of carbonyl (C=O) groups excluding carboxylic acids is 2. The van der Waals surface area contributed by atoms with Gasteiger partial charge in [0.2, 0.25) is 11.6 Å². The molecule has 0 amide bonds. The van der Waals surface area contributed by atoms with Gasteiger partial charge in [-0.1, -0.05) is 60.7 Å². The van der Waals surface area contributed by atoms with Crippen molar-refractivity contribution in [3.05, 3.63) is 95.3 Å². The molecule has 2 aromatic rings. The summed E-state index contributed by atoms with van der Waals surface area (Å²) in [6.45, 7) is 3.48. The SMILES string of the molecule is C[C@H](NC1=CC(=O)C(N[C@@H](C)[C@@H](O)c2ccccc2)=CC1=O)[C@H](O)c1ccccc1. The van der Waals surface area contributed by atoms with Gasteiger partial charge in [-0.05, 0) is 25.0 Å². The zero-order valence-corrected chi connectivity index (χ0v) is 16.9. The average molecular weight is 406 g/mol. The van der Waals surface area contributed by atoms with Gasteiger partial charge in [0.15, 0.2) is 0 Å². The smallest absolute Gasteiger partial charge is 0.203 e. The third kappa shape index (κ3) is 5.03. The molecule has 0 unspecified atom stereocenters. The molecule has 2 aromatic carbocycles. The summed E-state index contributed by atoms with van der Waals surface area (Å²) in [4.78, 5) is 25.0. The van der Waals surface area contributed by atoms with Crippen molar-refractivity contribution in [2.75, 3.05) is 0 Å². The molecule has 0 heterocycles. The van der Waals surface area contributed by atoms with Gasteiger partial charge in [0.05, 0.1) is 35.7 Å². The van der Waals surface area contributed by atoms with E-state index in [4.69, 9.17) is 0 Å². The summed E-state index contributed by atoms with van der Waals surface area (Å²) in [6.07, 6.45) is 0.778. The van der Waals surface area contributed by atoms with E-state index in [0.717, 1.165) is 0 Å². The number of aliphatic hydroxyl groups excluding tert-OH is 2. The van der Waals surface area contributed by atoms with Crippen LogP contribution in [0.1, 0.15) is 37.2 Å². The Bertz CT molecular complexity index is 874. The van der Waals surface area contributed by atoms with E-state index in [0.29, 0.717) is 11.1 Å². The van der Waals surface area contributed by atoms with Gasteiger partial charge >= 0.3 is 0 Å². The Labute approximate surface area is 175 Å². The van der Waals surface area contributed by atoms with Crippen molar-refractivity contribution >= 4 is 11.6 Å². The van der Waals surface area contributed by atoms with Crippen LogP contribution in [-0.4, -0.2) is 33.9 Å². The summed E-state index contributed by atoms with van der Waals surface area (Å²) in [5.74, 6) is -0.740. The van der Waals surface area contributed by atoms with Crippen LogP contribution in [0.25, 0.3) is 0 Å². The second kappa shape index (κ2) is 9.52. The number of hydrogen-bond donors (Lipinski definition) is 4. The molecule has 1 aliphatic rings. The van der Waals surface area contributed by atoms with Gasteiger partial charge in [-0.25, -0.2) is 0 Å². The first-order valence-corrected chi connectivity index (χ1v) is 9.88. The summed E-state index contributed by atoms with van der Waals surface area (Å²) in [6, 6.07) is 17.3. The van der Waals surface area contributed by atoms with Crippen molar-refractivity contribution in [1.82, 2.24) is 10.6 Å². The molecule has 4 atom stereocenters. The van der Waals surface area contributed by atoms with Crippen molar-refractivity contribution in [3.8, 4) is 0 Å². The maximum Gasteiger partial charge on any atom is 0.203 e. The first kappa shape index (κ1) is 21.5. The third-order valence-corrected chi connectivity index (χ3v) is 5.08. The van der Waals surface area contributed by atoms with Crippen LogP contribution < -0.4 is 10.6 Å². The molecule has 0 saturated heterocycles. The highest BCUT2D eigenvalue weighted by atomic mass is 16.3. The van der Waals surface area contributed by atoms with Crippen LogP contribution in [-0.2, 0) is 9.59 Å². The van der Waals surface area contributed by atoms with E-state index in [1.165, 1.54) is 12.2 Å². The molecule has 1 aliphatic carbocycles. The minimum absolute atomic E-state index is 0.129. The fourth-order valence-corrected chi connectivity index (χ4v) is 3.31. The van der Waals surface area contributed by atoms with Gasteiger partial charge in [0, 0.05) is 12.2 Å². The highest BCUT2D eigenvalue weighted by Gasteiger charge is 2.26. The molecular formula is C24H26N2O4. The zero-order valence-electron chi connectivity index (χ0n) is 16.9. The first-order valence-electron chi connectivity index (χ1n) is 9.88. The first-order chi connectivity index (χ1) is 14.4. The van der Waals surface area contributed by atoms with Gasteiger partial charge in [0.25, 0.3) is 0 Å².